The number of carbonyl (C=O) groups is 1. The molecule has 2 rings (SSSR count). The second-order valence-corrected chi connectivity index (χ2v) is 7.48. The monoisotopic (exact) mass is 290 g/mol. The van der Waals surface area contributed by atoms with Gasteiger partial charge in [-0.1, -0.05) is 12.8 Å². The van der Waals surface area contributed by atoms with E-state index in [2.05, 4.69) is 0 Å². The van der Waals surface area contributed by atoms with Crippen molar-refractivity contribution in [2.75, 3.05) is 19.4 Å². The first kappa shape index (κ1) is 14.7. The molecule has 1 aliphatic heterocycles. The fraction of sp³-hybridized carbons (Fsp3) is 0.917. The molecule has 6 nitrogen and oxygen atoms in total. The largest absolute Gasteiger partial charge is 0.380 e. The first-order valence-electron chi connectivity index (χ1n) is 6.75. The Morgan fingerprint density at radius 1 is 1.37 bits per heavy atom. The summed E-state index contributed by atoms with van der Waals surface area (Å²) in [6, 6.07) is -0.753. The highest BCUT2D eigenvalue weighted by Gasteiger charge is 2.43. The molecule has 0 radical (unpaired) electrons. The third kappa shape index (κ3) is 3.27. The number of ether oxygens (including phenoxy) is 1. The predicted molar refractivity (Wildman–Crippen MR) is 70.8 cm³/mol. The highest BCUT2D eigenvalue weighted by Crippen LogP contribution is 2.30. The van der Waals surface area contributed by atoms with E-state index in [9.17, 15) is 13.2 Å². The van der Waals surface area contributed by atoms with Gasteiger partial charge in [0.1, 0.15) is 6.04 Å². The zero-order valence-corrected chi connectivity index (χ0v) is 12.1. The van der Waals surface area contributed by atoms with Crippen molar-refractivity contribution in [3.63, 3.8) is 0 Å². The average Bonchev–Trinajstić information content (AvgIpc) is 2.96. The van der Waals surface area contributed by atoms with Crippen LogP contribution in [0.3, 0.4) is 0 Å². The summed E-state index contributed by atoms with van der Waals surface area (Å²) < 4.78 is 31.3. The molecule has 0 unspecified atom stereocenters. The molecular formula is C12H22N2O4S. The Morgan fingerprint density at radius 3 is 2.53 bits per heavy atom. The van der Waals surface area contributed by atoms with Gasteiger partial charge in [-0.15, -0.1) is 0 Å². The topological polar surface area (TPSA) is 89.7 Å². The second-order valence-electron chi connectivity index (χ2n) is 5.51. The maximum atomic E-state index is 12.4. The molecule has 2 fully saturated rings. The summed E-state index contributed by atoms with van der Waals surface area (Å²) >= 11 is 0. The van der Waals surface area contributed by atoms with Crippen molar-refractivity contribution in [1.82, 2.24) is 4.31 Å². The Balaban J connectivity index is 2.10. The number of primary amides is 1. The summed E-state index contributed by atoms with van der Waals surface area (Å²) in [6.45, 7) is 0.235. The molecule has 1 heterocycles. The second kappa shape index (κ2) is 5.76. The highest BCUT2D eigenvalue weighted by molar-refractivity contribution is 7.89. The van der Waals surface area contributed by atoms with Gasteiger partial charge in [0, 0.05) is 20.1 Å². The quantitative estimate of drug-likeness (QED) is 0.776. The number of nitrogens with zero attached hydrogens (tertiary/aromatic N) is 1. The first-order valence-corrected chi connectivity index (χ1v) is 8.36. The zero-order valence-electron chi connectivity index (χ0n) is 11.2. The number of nitrogens with two attached hydrogens (primary N) is 1. The summed E-state index contributed by atoms with van der Waals surface area (Å²) in [5.41, 5.74) is 5.31. The summed E-state index contributed by atoms with van der Waals surface area (Å²) in [4.78, 5) is 11.4. The van der Waals surface area contributed by atoms with Gasteiger partial charge >= 0.3 is 0 Å². The number of amides is 1. The molecule has 0 aromatic heterocycles. The normalized spacial score (nSPS) is 29.9. The smallest absolute Gasteiger partial charge is 0.235 e. The minimum Gasteiger partial charge on any atom is -0.380 e. The van der Waals surface area contributed by atoms with Crippen LogP contribution in [0.25, 0.3) is 0 Å². The SMILES string of the molecule is CO[C@H]1C[C@@H](C(N)=O)N(S(=O)(=O)CC2CCCC2)C1. The average molecular weight is 290 g/mol. The molecule has 19 heavy (non-hydrogen) atoms. The van der Waals surface area contributed by atoms with Crippen LogP contribution in [-0.2, 0) is 19.6 Å². The van der Waals surface area contributed by atoms with Crippen molar-refractivity contribution in [1.29, 1.82) is 0 Å². The molecule has 1 aliphatic carbocycles. The van der Waals surface area contributed by atoms with Gasteiger partial charge in [0.15, 0.2) is 0 Å². The molecule has 2 N–H and O–H groups in total. The van der Waals surface area contributed by atoms with E-state index in [1.807, 2.05) is 0 Å². The van der Waals surface area contributed by atoms with E-state index in [1.165, 1.54) is 11.4 Å². The maximum absolute atomic E-state index is 12.4. The third-order valence-corrected chi connectivity index (χ3v) is 6.17. The van der Waals surface area contributed by atoms with Gasteiger partial charge in [0.05, 0.1) is 11.9 Å². The zero-order chi connectivity index (χ0) is 14.0. The number of hydrogen-bond donors (Lipinski definition) is 1. The van der Waals surface area contributed by atoms with Crippen LogP contribution in [0.1, 0.15) is 32.1 Å². The van der Waals surface area contributed by atoms with Crippen molar-refractivity contribution in [2.24, 2.45) is 11.7 Å². The van der Waals surface area contributed by atoms with Crippen LogP contribution in [-0.4, -0.2) is 50.2 Å². The van der Waals surface area contributed by atoms with Crippen molar-refractivity contribution in [3.05, 3.63) is 0 Å². The van der Waals surface area contributed by atoms with Gasteiger partial charge in [-0.25, -0.2) is 8.42 Å². The minimum atomic E-state index is -3.43. The number of rotatable bonds is 5. The van der Waals surface area contributed by atoms with E-state index in [4.69, 9.17) is 10.5 Å². The molecule has 0 spiro atoms. The highest BCUT2D eigenvalue weighted by atomic mass is 32.2. The van der Waals surface area contributed by atoms with Gasteiger partial charge < -0.3 is 10.5 Å². The Kier molecular flexibility index (Phi) is 4.47. The maximum Gasteiger partial charge on any atom is 0.235 e. The lowest BCUT2D eigenvalue weighted by Crippen LogP contribution is -2.45. The number of carbonyl (C=O) groups excluding carboxylic acids is 1. The molecule has 0 aromatic rings. The van der Waals surface area contributed by atoms with E-state index in [0.29, 0.717) is 6.42 Å². The standard InChI is InChI=1S/C12H22N2O4S/c1-18-10-6-11(12(13)15)14(7-10)19(16,17)8-9-4-2-3-5-9/h9-11H,2-8H2,1H3,(H2,13,15)/t10-,11-/m0/s1. The van der Waals surface area contributed by atoms with Crippen molar-refractivity contribution in [2.45, 2.75) is 44.2 Å². The van der Waals surface area contributed by atoms with E-state index in [-0.39, 0.29) is 24.3 Å². The minimum absolute atomic E-state index is 0.132. The van der Waals surface area contributed by atoms with Crippen molar-refractivity contribution >= 4 is 15.9 Å². The number of sulfonamides is 1. The van der Waals surface area contributed by atoms with Crippen molar-refractivity contribution in [3.8, 4) is 0 Å². The Bertz CT molecular complexity index is 431. The lowest BCUT2D eigenvalue weighted by molar-refractivity contribution is -0.121. The number of hydrogen-bond acceptors (Lipinski definition) is 4. The summed E-state index contributed by atoms with van der Waals surface area (Å²) in [6.07, 6.45) is 4.23. The molecule has 2 atom stereocenters. The van der Waals surface area contributed by atoms with E-state index < -0.39 is 22.0 Å². The molecule has 1 amide bonds. The van der Waals surface area contributed by atoms with E-state index in [1.54, 1.807) is 0 Å². The molecule has 0 bridgehead atoms. The van der Waals surface area contributed by atoms with Gasteiger partial charge in [-0.05, 0) is 18.8 Å². The third-order valence-electron chi connectivity index (χ3n) is 4.16. The fourth-order valence-electron chi connectivity index (χ4n) is 3.08. The Morgan fingerprint density at radius 2 is 2.00 bits per heavy atom. The molecule has 2 aliphatic rings. The van der Waals surface area contributed by atoms with Crippen LogP contribution in [0, 0.1) is 5.92 Å². The Hall–Kier alpha value is -0.660. The van der Waals surface area contributed by atoms with Crippen LogP contribution in [0.15, 0.2) is 0 Å². The van der Waals surface area contributed by atoms with Crippen LogP contribution in [0.4, 0.5) is 0 Å². The first-order chi connectivity index (χ1) is 8.94. The molecular weight excluding hydrogens is 268 g/mol. The van der Waals surface area contributed by atoms with Crippen LogP contribution >= 0.6 is 0 Å². The van der Waals surface area contributed by atoms with Crippen LogP contribution < -0.4 is 5.73 Å². The molecule has 110 valence electrons. The van der Waals surface area contributed by atoms with Gasteiger partial charge in [-0.3, -0.25) is 4.79 Å². The fourth-order valence-corrected chi connectivity index (χ4v) is 5.17. The Labute approximate surface area is 114 Å². The molecule has 1 saturated heterocycles. The van der Waals surface area contributed by atoms with Crippen molar-refractivity contribution < 1.29 is 17.9 Å². The van der Waals surface area contributed by atoms with Crippen LogP contribution in [0.2, 0.25) is 0 Å². The number of methoxy groups -OCH3 is 1. The molecule has 0 aromatic carbocycles. The van der Waals surface area contributed by atoms with Gasteiger partial charge in [0.2, 0.25) is 15.9 Å². The molecule has 7 heteroatoms. The lowest BCUT2D eigenvalue weighted by atomic mass is 10.1. The van der Waals surface area contributed by atoms with Gasteiger partial charge in [0.25, 0.3) is 0 Å². The van der Waals surface area contributed by atoms with Gasteiger partial charge in [-0.2, -0.15) is 4.31 Å². The summed E-state index contributed by atoms with van der Waals surface area (Å²) in [5, 5.41) is 0. The lowest BCUT2D eigenvalue weighted by Gasteiger charge is -2.23. The van der Waals surface area contributed by atoms with E-state index in [0.717, 1.165) is 25.7 Å². The molecule has 1 saturated carbocycles. The predicted octanol–water partition coefficient (Wildman–Crippen LogP) is 0.0810. The van der Waals surface area contributed by atoms with E-state index >= 15 is 0 Å². The summed E-state index contributed by atoms with van der Waals surface area (Å²) in [5.74, 6) is -0.234. The van der Waals surface area contributed by atoms with Crippen LogP contribution in [0.5, 0.6) is 0 Å². The summed E-state index contributed by atoms with van der Waals surface area (Å²) in [7, 11) is -1.90.